The monoisotopic (exact) mass is 331 g/mol. The first-order chi connectivity index (χ1) is 12.1. The number of nitrogens with zero attached hydrogens (tertiary/aromatic N) is 1. The van der Waals surface area contributed by atoms with E-state index in [4.69, 9.17) is 0 Å². The Balaban J connectivity index is 2.08. The fourth-order valence-electron chi connectivity index (χ4n) is 3.67. The quantitative estimate of drug-likeness (QED) is 0.732. The third-order valence-corrected chi connectivity index (χ3v) is 4.77. The molecule has 2 N–H and O–H groups in total. The molecule has 1 aliphatic rings. The minimum Gasteiger partial charge on any atom is -0.507 e. The summed E-state index contributed by atoms with van der Waals surface area (Å²) in [6, 6.07) is 20.3. The number of fused-ring (bicyclic) bond motifs is 2. The molecule has 1 heterocycles. The van der Waals surface area contributed by atoms with Crippen LogP contribution in [0.3, 0.4) is 0 Å². The Labute approximate surface area is 145 Å². The van der Waals surface area contributed by atoms with E-state index < -0.39 is 11.9 Å². The topological polar surface area (TPSA) is 60.8 Å². The van der Waals surface area contributed by atoms with Gasteiger partial charge in [0.05, 0.1) is 0 Å². The summed E-state index contributed by atoms with van der Waals surface area (Å²) in [7, 11) is 1.92. The molecule has 1 unspecified atom stereocenters. The lowest BCUT2D eigenvalue weighted by atomic mass is 9.80. The number of carboxylic acid groups (broad SMARTS) is 1. The number of aromatic hydroxyl groups is 1. The number of carbonyl (C=O) groups is 1. The van der Waals surface area contributed by atoms with Gasteiger partial charge in [0.1, 0.15) is 11.7 Å². The Bertz CT molecular complexity index is 966. The van der Waals surface area contributed by atoms with Crippen LogP contribution in [0.15, 0.2) is 66.7 Å². The number of phenols is 1. The van der Waals surface area contributed by atoms with E-state index in [1.54, 1.807) is 12.1 Å². The second-order valence-corrected chi connectivity index (χ2v) is 6.15. The van der Waals surface area contributed by atoms with Crippen molar-refractivity contribution in [3.8, 4) is 16.9 Å². The average molecular weight is 331 g/mol. The van der Waals surface area contributed by atoms with Crippen LogP contribution in [0.1, 0.15) is 17.0 Å². The van der Waals surface area contributed by atoms with Crippen molar-refractivity contribution in [1.82, 2.24) is 0 Å². The van der Waals surface area contributed by atoms with Crippen LogP contribution in [0.4, 0.5) is 11.4 Å². The molecule has 4 heteroatoms. The maximum Gasteiger partial charge on any atom is 0.315 e. The lowest BCUT2D eigenvalue weighted by Crippen LogP contribution is -2.26. The van der Waals surface area contributed by atoms with Crippen molar-refractivity contribution in [2.75, 3.05) is 11.9 Å². The van der Waals surface area contributed by atoms with Crippen molar-refractivity contribution in [2.24, 2.45) is 0 Å². The number of rotatable bonds is 2. The second kappa shape index (κ2) is 5.67. The van der Waals surface area contributed by atoms with Gasteiger partial charge in [0, 0.05) is 29.5 Å². The lowest BCUT2D eigenvalue weighted by molar-refractivity contribution is -0.137. The van der Waals surface area contributed by atoms with E-state index in [1.807, 2.05) is 66.5 Å². The van der Waals surface area contributed by atoms with Crippen molar-refractivity contribution >= 4 is 17.3 Å². The van der Waals surface area contributed by atoms with Gasteiger partial charge >= 0.3 is 5.97 Å². The van der Waals surface area contributed by atoms with Gasteiger partial charge in [-0.05, 0) is 29.3 Å². The molecule has 124 valence electrons. The van der Waals surface area contributed by atoms with Gasteiger partial charge in [-0.1, -0.05) is 48.5 Å². The molecule has 0 radical (unpaired) electrons. The summed E-state index contributed by atoms with van der Waals surface area (Å²) in [5, 5.41) is 20.5. The number of para-hydroxylation sites is 1. The van der Waals surface area contributed by atoms with Crippen molar-refractivity contribution in [3.63, 3.8) is 0 Å². The zero-order valence-corrected chi connectivity index (χ0v) is 13.7. The Hall–Kier alpha value is -3.27. The number of anilines is 2. The number of hydrogen-bond donors (Lipinski definition) is 2. The fourth-order valence-corrected chi connectivity index (χ4v) is 3.67. The highest BCUT2D eigenvalue weighted by Gasteiger charge is 2.36. The largest absolute Gasteiger partial charge is 0.507 e. The van der Waals surface area contributed by atoms with Gasteiger partial charge in [0.25, 0.3) is 0 Å². The average Bonchev–Trinajstić information content (AvgIpc) is 2.62. The molecule has 0 amide bonds. The molecule has 0 bridgehead atoms. The van der Waals surface area contributed by atoms with E-state index in [2.05, 4.69) is 0 Å². The molecule has 1 aliphatic heterocycles. The van der Waals surface area contributed by atoms with Gasteiger partial charge in [-0.3, -0.25) is 4.79 Å². The van der Waals surface area contributed by atoms with Gasteiger partial charge in [-0.15, -0.1) is 0 Å². The summed E-state index contributed by atoms with van der Waals surface area (Å²) in [5.74, 6) is -1.67. The maximum atomic E-state index is 12.2. The SMILES string of the molecule is CN1c2ccccc2C(C(=O)O)c2c1ccc(O)c2-c1ccccc1. The summed E-state index contributed by atoms with van der Waals surface area (Å²) in [6.45, 7) is 0. The fraction of sp³-hybridized carbons (Fsp3) is 0.0952. The molecule has 4 nitrogen and oxygen atoms in total. The first-order valence-corrected chi connectivity index (χ1v) is 8.06. The van der Waals surface area contributed by atoms with Crippen molar-refractivity contribution in [1.29, 1.82) is 0 Å². The molecule has 25 heavy (non-hydrogen) atoms. The third kappa shape index (κ3) is 2.26. The molecule has 0 spiro atoms. The predicted molar refractivity (Wildman–Crippen MR) is 97.5 cm³/mol. The molecular formula is C21H17NO3. The van der Waals surface area contributed by atoms with Gasteiger partial charge in [-0.2, -0.15) is 0 Å². The smallest absolute Gasteiger partial charge is 0.315 e. The van der Waals surface area contributed by atoms with Crippen LogP contribution in [-0.4, -0.2) is 23.2 Å². The zero-order chi connectivity index (χ0) is 17.6. The van der Waals surface area contributed by atoms with E-state index in [1.165, 1.54) is 0 Å². The van der Waals surface area contributed by atoms with Crippen LogP contribution in [0.5, 0.6) is 5.75 Å². The molecule has 3 aromatic rings. The summed E-state index contributed by atoms with van der Waals surface area (Å²) in [4.78, 5) is 14.2. The van der Waals surface area contributed by atoms with Crippen LogP contribution < -0.4 is 4.90 Å². The van der Waals surface area contributed by atoms with Crippen LogP contribution in [0, 0.1) is 0 Å². The van der Waals surface area contributed by atoms with Crippen LogP contribution in [0.25, 0.3) is 11.1 Å². The number of benzene rings is 3. The van der Waals surface area contributed by atoms with E-state index >= 15 is 0 Å². The van der Waals surface area contributed by atoms with Gasteiger partial charge in [0.15, 0.2) is 0 Å². The first kappa shape index (κ1) is 15.3. The summed E-state index contributed by atoms with van der Waals surface area (Å²) >= 11 is 0. The number of aliphatic carboxylic acids is 1. The van der Waals surface area contributed by atoms with Crippen LogP contribution in [-0.2, 0) is 4.79 Å². The van der Waals surface area contributed by atoms with Crippen molar-refractivity contribution < 1.29 is 15.0 Å². The van der Waals surface area contributed by atoms with E-state index in [0.717, 1.165) is 22.5 Å². The highest BCUT2D eigenvalue weighted by atomic mass is 16.4. The maximum absolute atomic E-state index is 12.2. The number of phenolic OH excluding ortho intramolecular Hbond substituents is 1. The Morgan fingerprint density at radius 1 is 0.920 bits per heavy atom. The highest BCUT2D eigenvalue weighted by molar-refractivity contribution is 5.96. The van der Waals surface area contributed by atoms with E-state index in [9.17, 15) is 15.0 Å². The molecular weight excluding hydrogens is 314 g/mol. The first-order valence-electron chi connectivity index (χ1n) is 8.06. The summed E-state index contributed by atoms with van der Waals surface area (Å²) in [6.07, 6.45) is 0. The molecule has 1 atom stereocenters. The zero-order valence-electron chi connectivity index (χ0n) is 13.7. The third-order valence-electron chi connectivity index (χ3n) is 4.77. The second-order valence-electron chi connectivity index (χ2n) is 6.15. The van der Waals surface area contributed by atoms with Crippen molar-refractivity contribution in [3.05, 3.63) is 77.9 Å². The molecule has 0 aromatic heterocycles. The van der Waals surface area contributed by atoms with Crippen LogP contribution >= 0.6 is 0 Å². The standard InChI is InChI=1S/C21H17NO3/c1-22-15-10-6-5-9-14(15)19(21(24)25)20-16(22)11-12-17(23)18(20)13-7-3-2-4-8-13/h2-12,19,23H,1H3,(H,24,25). The summed E-state index contributed by atoms with van der Waals surface area (Å²) in [5.41, 5.74) is 4.39. The van der Waals surface area contributed by atoms with E-state index in [0.29, 0.717) is 11.1 Å². The Morgan fingerprint density at radius 3 is 2.32 bits per heavy atom. The van der Waals surface area contributed by atoms with Gasteiger partial charge in [0.2, 0.25) is 0 Å². The Morgan fingerprint density at radius 2 is 1.60 bits per heavy atom. The molecule has 0 fully saturated rings. The lowest BCUT2D eigenvalue weighted by Gasteiger charge is -2.35. The number of carboxylic acids is 1. The highest BCUT2D eigenvalue weighted by Crippen LogP contribution is 2.50. The van der Waals surface area contributed by atoms with Crippen LogP contribution in [0.2, 0.25) is 0 Å². The molecule has 0 saturated heterocycles. The minimum atomic E-state index is -0.926. The molecule has 4 rings (SSSR count). The molecule has 3 aromatic carbocycles. The minimum absolute atomic E-state index is 0.0870. The normalized spacial score (nSPS) is 15.4. The molecule has 0 saturated carbocycles. The van der Waals surface area contributed by atoms with Gasteiger partial charge < -0.3 is 15.1 Å². The molecule has 0 aliphatic carbocycles. The predicted octanol–water partition coefficient (Wildman–Crippen LogP) is 4.36. The van der Waals surface area contributed by atoms with Gasteiger partial charge in [-0.25, -0.2) is 0 Å². The Kier molecular flexibility index (Phi) is 3.46. The number of hydrogen-bond acceptors (Lipinski definition) is 3. The van der Waals surface area contributed by atoms with E-state index in [-0.39, 0.29) is 5.75 Å². The summed E-state index contributed by atoms with van der Waals surface area (Å²) < 4.78 is 0. The van der Waals surface area contributed by atoms with Crippen molar-refractivity contribution in [2.45, 2.75) is 5.92 Å².